The minimum absolute atomic E-state index is 0.0657. The fraction of sp³-hybridized carbons (Fsp3) is 0.909. The molecule has 6 nitrogen and oxygen atoms in total. The number of hydrogen-bond donors (Lipinski definition) is 2. The van der Waals surface area contributed by atoms with E-state index >= 15 is 0 Å². The molecule has 0 fully saturated rings. The monoisotopic (exact) mass is 709 g/mol. The Morgan fingerprint density at radius 2 is 1.00 bits per heavy atom. The third-order valence-corrected chi connectivity index (χ3v) is 10.2. The van der Waals surface area contributed by atoms with Crippen molar-refractivity contribution in [2.75, 3.05) is 39.5 Å². The van der Waals surface area contributed by atoms with Crippen molar-refractivity contribution in [3.05, 3.63) is 12.2 Å². The first-order chi connectivity index (χ1) is 24.5. The molecule has 6 heteroatoms. The molecule has 0 aliphatic heterocycles. The zero-order valence-corrected chi connectivity index (χ0v) is 33.9. The molecule has 0 saturated carbocycles. The van der Waals surface area contributed by atoms with E-state index in [9.17, 15) is 14.7 Å². The quantitative estimate of drug-likeness (QED) is 0.0378. The Morgan fingerprint density at radius 3 is 1.56 bits per heavy atom. The van der Waals surface area contributed by atoms with Crippen LogP contribution < -0.4 is 4.90 Å². The third-order valence-electron chi connectivity index (χ3n) is 10.2. The van der Waals surface area contributed by atoms with Gasteiger partial charge in [-0.1, -0.05) is 149 Å². The van der Waals surface area contributed by atoms with Crippen LogP contribution in [0, 0.1) is 11.8 Å². The second-order valence-corrected chi connectivity index (χ2v) is 15.2. The van der Waals surface area contributed by atoms with Crippen molar-refractivity contribution in [3.8, 4) is 0 Å². The summed E-state index contributed by atoms with van der Waals surface area (Å²) in [5.41, 5.74) is 0. The summed E-state index contributed by atoms with van der Waals surface area (Å²) in [6.07, 6.45) is 36.3. The van der Waals surface area contributed by atoms with E-state index in [0.717, 1.165) is 58.2 Å². The van der Waals surface area contributed by atoms with Crippen LogP contribution in [-0.4, -0.2) is 56.5 Å². The van der Waals surface area contributed by atoms with Gasteiger partial charge in [0.2, 0.25) is 0 Å². The summed E-state index contributed by atoms with van der Waals surface area (Å²) in [5.74, 6) is 0.645. The molecule has 2 N–H and O–H groups in total. The normalized spacial score (nSPS) is 13.5. The number of esters is 2. The van der Waals surface area contributed by atoms with Gasteiger partial charge in [0.15, 0.2) is 0 Å². The number of hydrogen-bond acceptors (Lipinski definition) is 5. The topological polar surface area (TPSA) is 77.3 Å². The summed E-state index contributed by atoms with van der Waals surface area (Å²) < 4.78 is 11.6. The summed E-state index contributed by atoms with van der Waals surface area (Å²) in [7, 11) is 0. The minimum Gasteiger partial charge on any atom is -0.465 e. The molecule has 3 atom stereocenters. The first-order valence-corrected chi connectivity index (χ1v) is 21.9. The fourth-order valence-electron chi connectivity index (χ4n) is 6.81. The predicted octanol–water partition coefficient (Wildman–Crippen LogP) is 10.7. The van der Waals surface area contributed by atoms with Crippen LogP contribution in [-0.2, 0) is 19.1 Å². The molecule has 0 aliphatic carbocycles. The van der Waals surface area contributed by atoms with Gasteiger partial charge in [-0.05, 0) is 50.9 Å². The molecule has 0 heterocycles. The SMILES string of the molecule is CCCCCC/C=C/C(CCCCCC)COC(=O)CCC[NH+](CCCCO)CCCC(=O)OCC(CCCCCC)CCCCCCCC. The maximum absolute atomic E-state index is 12.7. The fourth-order valence-corrected chi connectivity index (χ4v) is 6.81. The van der Waals surface area contributed by atoms with Crippen LogP contribution in [0.4, 0.5) is 0 Å². The van der Waals surface area contributed by atoms with Gasteiger partial charge in [-0.25, -0.2) is 0 Å². The molecule has 0 aromatic rings. The van der Waals surface area contributed by atoms with E-state index in [1.54, 1.807) is 0 Å². The lowest BCUT2D eigenvalue weighted by Crippen LogP contribution is -3.12. The molecule has 0 bridgehead atoms. The first-order valence-electron chi connectivity index (χ1n) is 21.9. The number of aliphatic hydroxyl groups is 1. The molecule has 0 aromatic carbocycles. The molecule has 0 aromatic heterocycles. The van der Waals surface area contributed by atoms with Crippen molar-refractivity contribution >= 4 is 11.9 Å². The van der Waals surface area contributed by atoms with Crippen molar-refractivity contribution < 1.29 is 29.1 Å². The number of unbranched alkanes of at least 4 members (excludes halogenated alkanes) is 16. The number of carbonyl (C=O) groups excluding carboxylic acids is 2. The molecule has 50 heavy (non-hydrogen) atoms. The lowest BCUT2D eigenvalue weighted by atomic mass is 9.95. The smallest absolute Gasteiger partial charge is 0.306 e. The Kier molecular flexibility index (Phi) is 37.7. The Hall–Kier alpha value is -1.40. The van der Waals surface area contributed by atoms with Gasteiger partial charge in [0.25, 0.3) is 0 Å². The molecular formula is C44H86NO5+. The van der Waals surface area contributed by atoms with E-state index in [2.05, 4.69) is 39.8 Å². The number of nitrogens with one attached hydrogen (secondary N) is 1. The van der Waals surface area contributed by atoms with E-state index in [1.165, 1.54) is 133 Å². The highest BCUT2D eigenvalue weighted by Crippen LogP contribution is 2.20. The van der Waals surface area contributed by atoms with Gasteiger partial charge in [-0.15, -0.1) is 0 Å². The number of quaternary nitrogens is 1. The van der Waals surface area contributed by atoms with E-state index in [1.807, 2.05) is 0 Å². The number of carbonyl (C=O) groups is 2. The highest BCUT2D eigenvalue weighted by atomic mass is 16.5. The molecule has 0 spiro atoms. The van der Waals surface area contributed by atoms with E-state index in [-0.39, 0.29) is 18.5 Å². The van der Waals surface area contributed by atoms with Crippen molar-refractivity contribution in [2.24, 2.45) is 11.8 Å². The van der Waals surface area contributed by atoms with Crippen LogP contribution in [0.25, 0.3) is 0 Å². The lowest BCUT2D eigenvalue weighted by Gasteiger charge is -2.20. The molecule has 0 amide bonds. The number of aliphatic hydroxyl groups excluding tert-OH is 1. The predicted molar refractivity (Wildman–Crippen MR) is 213 cm³/mol. The highest BCUT2D eigenvalue weighted by Gasteiger charge is 2.16. The van der Waals surface area contributed by atoms with Gasteiger partial charge in [-0.3, -0.25) is 9.59 Å². The Labute approximate surface area is 311 Å². The largest absolute Gasteiger partial charge is 0.465 e. The molecule has 3 unspecified atom stereocenters. The Morgan fingerprint density at radius 1 is 0.540 bits per heavy atom. The summed E-state index contributed by atoms with van der Waals surface area (Å²) in [5, 5.41) is 9.31. The minimum atomic E-state index is -0.0941. The molecule has 0 saturated heterocycles. The summed E-state index contributed by atoms with van der Waals surface area (Å²) in [4.78, 5) is 26.9. The summed E-state index contributed by atoms with van der Waals surface area (Å²) >= 11 is 0. The second-order valence-electron chi connectivity index (χ2n) is 15.2. The number of ether oxygens (including phenoxy) is 2. The highest BCUT2D eigenvalue weighted by molar-refractivity contribution is 5.69. The van der Waals surface area contributed by atoms with Gasteiger partial charge in [-0.2, -0.15) is 0 Å². The lowest BCUT2D eigenvalue weighted by molar-refractivity contribution is -0.900. The maximum Gasteiger partial charge on any atom is 0.306 e. The number of rotatable bonds is 39. The van der Waals surface area contributed by atoms with Crippen molar-refractivity contribution in [1.82, 2.24) is 0 Å². The van der Waals surface area contributed by atoms with Crippen LogP contribution in [0.2, 0.25) is 0 Å². The van der Waals surface area contributed by atoms with Crippen molar-refractivity contribution in [3.63, 3.8) is 0 Å². The standard InChI is InChI=1S/C44H85NO5/c1-5-9-13-17-19-23-31-41(29-21-15-11-7-3)39-49-43(47)33-27-36-45(35-25-26-38-46)37-28-34-44(48)50-40-42(30-22-16-12-8-4)32-24-20-18-14-10-6-2/h23,31,41-42,46H,5-22,24-30,32-40H2,1-4H3/p+1/b31-23+. The van der Waals surface area contributed by atoms with Gasteiger partial charge in [0, 0.05) is 25.4 Å². The Balaban J connectivity index is 4.65. The maximum atomic E-state index is 12.7. The zero-order chi connectivity index (χ0) is 36.8. The van der Waals surface area contributed by atoms with Crippen molar-refractivity contribution in [1.29, 1.82) is 0 Å². The first kappa shape index (κ1) is 48.6. The zero-order valence-electron chi connectivity index (χ0n) is 33.9. The average Bonchev–Trinajstić information content (AvgIpc) is 3.11. The van der Waals surface area contributed by atoms with Gasteiger partial charge in [0.1, 0.15) is 0 Å². The molecule has 0 radical (unpaired) electrons. The molecular weight excluding hydrogens is 622 g/mol. The van der Waals surface area contributed by atoms with Crippen LogP contribution in [0.15, 0.2) is 12.2 Å². The van der Waals surface area contributed by atoms with Gasteiger partial charge in [0.05, 0.1) is 45.7 Å². The average molecular weight is 709 g/mol. The van der Waals surface area contributed by atoms with Gasteiger partial charge >= 0.3 is 11.9 Å². The summed E-state index contributed by atoms with van der Waals surface area (Å²) in [6.45, 7) is 13.0. The van der Waals surface area contributed by atoms with E-state index in [0.29, 0.717) is 37.9 Å². The Bertz CT molecular complexity index is 757. The van der Waals surface area contributed by atoms with E-state index in [4.69, 9.17) is 9.47 Å². The van der Waals surface area contributed by atoms with Crippen LogP contribution in [0.1, 0.15) is 207 Å². The van der Waals surface area contributed by atoms with Crippen LogP contribution in [0.5, 0.6) is 0 Å². The molecule has 0 rings (SSSR count). The van der Waals surface area contributed by atoms with Gasteiger partial charge < -0.3 is 19.5 Å². The van der Waals surface area contributed by atoms with E-state index < -0.39 is 0 Å². The van der Waals surface area contributed by atoms with Crippen LogP contribution in [0.3, 0.4) is 0 Å². The third kappa shape index (κ3) is 33.7. The van der Waals surface area contributed by atoms with Crippen molar-refractivity contribution in [2.45, 2.75) is 207 Å². The molecule has 296 valence electrons. The molecule has 0 aliphatic rings. The number of allylic oxidation sites excluding steroid dienone is 1. The van der Waals surface area contributed by atoms with Crippen LogP contribution >= 0.6 is 0 Å². The second kappa shape index (κ2) is 38.8. The summed E-state index contributed by atoms with van der Waals surface area (Å²) in [6, 6.07) is 0.